The van der Waals surface area contributed by atoms with E-state index in [2.05, 4.69) is 44.8 Å². The lowest BCUT2D eigenvalue weighted by Crippen LogP contribution is -2.32. The first-order chi connectivity index (χ1) is 13.3. The number of nitrogens with one attached hydrogen (secondary N) is 2. The fraction of sp³-hybridized carbons (Fsp3) is 0.476. The minimum Gasteiger partial charge on any atom is -0.444 e. The van der Waals surface area contributed by atoms with E-state index in [1.54, 1.807) is 12.1 Å². The Kier molecular flexibility index (Phi) is 6.02. The van der Waals surface area contributed by atoms with E-state index in [1.165, 1.54) is 18.5 Å². The van der Waals surface area contributed by atoms with Gasteiger partial charge in [-0.3, -0.25) is 5.32 Å². The Hall–Kier alpha value is -2.83. The van der Waals surface area contributed by atoms with Gasteiger partial charge in [-0.25, -0.2) is 4.79 Å². The van der Waals surface area contributed by atoms with Crippen molar-refractivity contribution in [2.24, 2.45) is 5.92 Å². The fourth-order valence-electron chi connectivity index (χ4n) is 3.04. The molecule has 0 spiro atoms. The second-order valence-corrected chi connectivity index (χ2v) is 8.27. The molecule has 1 aliphatic rings. The zero-order valence-corrected chi connectivity index (χ0v) is 17.0. The standard InChI is InChI=1S/C21H29N5O2/c1-15-11-13-26(14-12-15)17-7-5-16(6-8-17)22-18-9-10-19(25-24-18)23-20(27)28-21(2,3)4/h5-10,15H,11-14H2,1-4H3,(H,22,24)(H,23,25,27). The number of carbonyl (C=O) groups excluding carboxylic acids is 1. The molecule has 1 aromatic carbocycles. The number of rotatable bonds is 4. The van der Waals surface area contributed by atoms with Gasteiger partial charge in [0.15, 0.2) is 11.6 Å². The van der Waals surface area contributed by atoms with Gasteiger partial charge < -0.3 is 15.0 Å². The first-order valence-corrected chi connectivity index (χ1v) is 9.74. The molecule has 0 atom stereocenters. The average molecular weight is 383 g/mol. The summed E-state index contributed by atoms with van der Waals surface area (Å²) < 4.78 is 5.20. The number of hydrogen-bond acceptors (Lipinski definition) is 6. The maximum Gasteiger partial charge on any atom is 0.413 e. The molecule has 0 unspecified atom stereocenters. The quantitative estimate of drug-likeness (QED) is 0.789. The number of piperidine rings is 1. The molecule has 1 aromatic heterocycles. The van der Waals surface area contributed by atoms with Crippen molar-refractivity contribution in [3.05, 3.63) is 36.4 Å². The lowest BCUT2D eigenvalue weighted by molar-refractivity contribution is 0.0635. The molecule has 0 aliphatic carbocycles. The Labute approximate surface area is 166 Å². The van der Waals surface area contributed by atoms with E-state index in [0.717, 1.165) is 24.7 Å². The first kappa shape index (κ1) is 19.9. The van der Waals surface area contributed by atoms with Crippen LogP contribution in [0.5, 0.6) is 0 Å². The van der Waals surface area contributed by atoms with E-state index in [0.29, 0.717) is 11.6 Å². The van der Waals surface area contributed by atoms with Gasteiger partial charge in [-0.05, 0) is 75.9 Å². The van der Waals surface area contributed by atoms with Gasteiger partial charge in [0.25, 0.3) is 0 Å². The number of carbonyl (C=O) groups is 1. The zero-order valence-electron chi connectivity index (χ0n) is 17.0. The van der Waals surface area contributed by atoms with Crippen molar-refractivity contribution in [3.63, 3.8) is 0 Å². The molecule has 7 heteroatoms. The largest absolute Gasteiger partial charge is 0.444 e. The molecule has 1 amide bonds. The molecule has 2 N–H and O–H groups in total. The van der Waals surface area contributed by atoms with Crippen LogP contribution < -0.4 is 15.5 Å². The van der Waals surface area contributed by atoms with Gasteiger partial charge in [0.05, 0.1) is 0 Å². The number of hydrogen-bond donors (Lipinski definition) is 2. The van der Waals surface area contributed by atoms with E-state index in [-0.39, 0.29) is 0 Å². The highest BCUT2D eigenvalue weighted by atomic mass is 16.6. The summed E-state index contributed by atoms with van der Waals surface area (Å²) in [6.45, 7) is 9.98. The van der Waals surface area contributed by atoms with Crippen LogP contribution in [0.4, 0.5) is 27.8 Å². The molecule has 0 saturated carbocycles. The lowest BCUT2D eigenvalue weighted by atomic mass is 9.99. The molecule has 2 aromatic rings. The molecule has 1 aliphatic heterocycles. The SMILES string of the molecule is CC1CCN(c2ccc(Nc3ccc(NC(=O)OC(C)(C)C)nn3)cc2)CC1. The number of amides is 1. The molecule has 28 heavy (non-hydrogen) atoms. The maximum absolute atomic E-state index is 11.8. The second-order valence-electron chi connectivity index (χ2n) is 8.27. The minimum atomic E-state index is -0.558. The van der Waals surface area contributed by atoms with Crippen LogP contribution in [0.2, 0.25) is 0 Å². The number of nitrogens with zero attached hydrogens (tertiary/aromatic N) is 3. The third-order valence-electron chi connectivity index (χ3n) is 4.58. The lowest BCUT2D eigenvalue weighted by Gasteiger charge is -2.32. The Bertz CT molecular complexity index is 776. The topological polar surface area (TPSA) is 79.4 Å². The van der Waals surface area contributed by atoms with Crippen LogP contribution >= 0.6 is 0 Å². The smallest absolute Gasteiger partial charge is 0.413 e. The molecule has 2 heterocycles. The molecular weight excluding hydrogens is 354 g/mol. The van der Waals surface area contributed by atoms with Crippen LogP contribution in [0, 0.1) is 5.92 Å². The van der Waals surface area contributed by atoms with Gasteiger partial charge >= 0.3 is 6.09 Å². The molecule has 3 rings (SSSR count). The number of ether oxygens (including phenoxy) is 1. The van der Waals surface area contributed by atoms with Crippen molar-refractivity contribution in [2.45, 2.75) is 46.1 Å². The van der Waals surface area contributed by atoms with Crippen molar-refractivity contribution in [1.29, 1.82) is 0 Å². The monoisotopic (exact) mass is 383 g/mol. The molecule has 7 nitrogen and oxygen atoms in total. The third kappa shape index (κ3) is 5.84. The Morgan fingerprint density at radius 3 is 2.21 bits per heavy atom. The third-order valence-corrected chi connectivity index (χ3v) is 4.58. The molecule has 0 radical (unpaired) electrons. The highest BCUT2D eigenvalue weighted by Crippen LogP contribution is 2.25. The highest BCUT2D eigenvalue weighted by Gasteiger charge is 2.17. The van der Waals surface area contributed by atoms with Crippen LogP contribution in [-0.2, 0) is 4.74 Å². The van der Waals surface area contributed by atoms with Crippen LogP contribution in [0.3, 0.4) is 0 Å². The summed E-state index contributed by atoms with van der Waals surface area (Å²) in [5.41, 5.74) is 1.63. The number of aromatic nitrogens is 2. The van der Waals surface area contributed by atoms with E-state index in [9.17, 15) is 4.79 Å². The van der Waals surface area contributed by atoms with Crippen molar-refractivity contribution in [2.75, 3.05) is 28.6 Å². The molecule has 1 saturated heterocycles. The average Bonchev–Trinajstić information content (AvgIpc) is 2.63. The van der Waals surface area contributed by atoms with E-state index >= 15 is 0 Å². The van der Waals surface area contributed by atoms with Gasteiger partial charge in [-0.1, -0.05) is 6.92 Å². The summed E-state index contributed by atoms with van der Waals surface area (Å²) in [6.07, 6.45) is 1.95. The van der Waals surface area contributed by atoms with Gasteiger partial charge in [-0.15, -0.1) is 10.2 Å². The summed E-state index contributed by atoms with van der Waals surface area (Å²) in [7, 11) is 0. The van der Waals surface area contributed by atoms with Crippen LogP contribution in [0.15, 0.2) is 36.4 Å². The Morgan fingerprint density at radius 1 is 1.04 bits per heavy atom. The van der Waals surface area contributed by atoms with Crippen molar-refractivity contribution < 1.29 is 9.53 Å². The summed E-state index contributed by atoms with van der Waals surface area (Å²) in [5, 5.41) is 13.9. The van der Waals surface area contributed by atoms with Crippen molar-refractivity contribution >= 4 is 29.1 Å². The Morgan fingerprint density at radius 2 is 1.64 bits per heavy atom. The van der Waals surface area contributed by atoms with Gasteiger partial charge in [0.1, 0.15) is 5.60 Å². The van der Waals surface area contributed by atoms with Crippen molar-refractivity contribution in [1.82, 2.24) is 10.2 Å². The van der Waals surface area contributed by atoms with Gasteiger partial charge in [0, 0.05) is 24.5 Å². The maximum atomic E-state index is 11.8. The fourth-order valence-corrected chi connectivity index (χ4v) is 3.04. The minimum absolute atomic E-state index is 0.342. The van der Waals surface area contributed by atoms with E-state index in [4.69, 9.17) is 4.74 Å². The predicted octanol–water partition coefficient (Wildman–Crippen LogP) is 4.80. The number of anilines is 4. The van der Waals surface area contributed by atoms with Crippen LogP contribution in [0.1, 0.15) is 40.5 Å². The predicted molar refractivity (Wildman–Crippen MR) is 112 cm³/mol. The van der Waals surface area contributed by atoms with Gasteiger partial charge in [0.2, 0.25) is 0 Å². The van der Waals surface area contributed by atoms with Crippen LogP contribution in [0.25, 0.3) is 0 Å². The van der Waals surface area contributed by atoms with Crippen LogP contribution in [-0.4, -0.2) is 35.0 Å². The summed E-state index contributed by atoms with van der Waals surface area (Å²) in [6, 6.07) is 11.8. The molecular formula is C21H29N5O2. The normalized spacial score (nSPS) is 15.2. The van der Waals surface area contributed by atoms with Crippen molar-refractivity contribution in [3.8, 4) is 0 Å². The van der Waals surface area contributed by atoms with Gasteiger partial charge in [-0.2, -0.15) is 0 Å². The summed E-state index contributed by atoms with van der Waals surface area (Å²) in [4.78, 5) is 14.2. The molecule has 1 fully saturated rings. The molecule has 0 bridgehead atoms. The summed E-state index contributed by atoms with van der Waals surface area (Å²) in [5.74, 6) is 1.77. The van der Waals surface area contributed by atoms with E-state index < -0.39 is 11.7 Å². The number of benzene rings is 1. The summed E-state index contributed by atoms with van der Waals surface area (Å²) >= 11 is 0. The first-order valence-electron chi connectivity index (χ1n) is 9.74. The zero-order chi connectivity index (χ0) is 20.1. The van der Waals surface area contributed by atoms with E-state index in [1.807, 2.05) is 32.9 Å². The highest BCUT2D eigenvalue weighted by molar-refractivity contribution is 5.83. The molecule has 150 valence electrons. The second kappa shape index (κ2) is 8.46. The Balaban J connectivity index is 1.54.